The molecule has 1 heterocycles. The summed E-state index contributed by atoms with van der Waals surface area (Å²) < 4.78 is 27.9. The van der Waals surface area contributed by atoms with Crippen LogP contribution in [0.5, 0.6) is 5.88 Å². The molecule has 0 spiro atoms. The van der Waals surface area contributed by atoms with Crippen LogP contribution in [0.2, 0.25) is 0 Å². The van der Waals surface area contributed by atoms with E-state index in [1.807, 2.05) is 0 Å². The van der Waals surface area contributed by atoms with Crippen molar-refractivity contribution in [2.24, 2.45) is 0 Å². The number of halogens is 3. The number of carbonyl (C=O) groups excluding carboxylic acids is 1. The van der Waals surface area contributed by atoms with Crippen LogP contribution in [0.25, 0.3) is 0 Å². The van der Waals surface area contributed by atoms with Crippen LogP contribution in [-0.2, 0) is 0 Å². The highest BCUT2D eigenvalue weighted by Crippen LogP contribution is 2.06. The molecule has 0 saturated carbocycles. The fourth-order valence-electron chi connectivity index (χ4n) is 0.641. The molecule has 0 saturated heterocycles. The first-order valence-electron chi connectivity index (χ1n) is 3.52. The van der Waals surface area contributed by atoms with E-state index in [2.05, 4.69) is 14.7 Å². The van der Waals surface area contributed by atoms with Crippen LogP contribution in [0.3, 0.4) is 0 Å². The van der Waals surface area contributed by atoms with Crippen molar-refractivity contribution in [2.45, 2.75) is 6.43 Å². The van der Waals surface area contributed by atoms with Gasteiger partial charge in [-0.3, -0.25) is 4.79 Å². The molecule has 0 fully saturated rings. The quantitative estimate of drug-likeness (QED) is 0.725. The molecular weight excluding hydrogens is 218 g/mol. The van der Waals surface area contributed by atoms with Crippen molar-refractivity contribution in [1.29, 1.82) is 0 Å². The minimum absolute atomic E-state index is 0.0592. The van der Waals surface area contributed by atoms with Crippen molar-refractivity contribution < 1.29 is 18.3 Å². The molecule has 1 aromatic heterocycles. The maximum atomic E-state index is 11.7. The van der Waals surface area contributed by atoms with Gasteiger partial charge < -0.3 is 4.74 Å². The third kappa shape index (κ3) is 3.21. The topological polar surface area (TPSA) is 52.1 Å². The number of alkyl halides is 2. The molecule has 1 rings (SSSR count). The fourth-order valence-corrected chi connectivity index (χ4v) is 0.738. The van der Waals surface area contributed by atoms with Crippen LogP contribution in [0, 0.1) is 0 Å². The van der Waals surface area contributed by atoms with Gasteiger partial charge in [-0.1, -0.05) is 0 Å². The Bertz CT molecular complexity index is 318. The van der Waals surface area contributed by atoms with Gasteiger partial charge >= 0.3 is 0 Å². The first-order chi connectivity index (χ1) is 6.59. The zero-order valence-electron chi connectivity index (χ0n) is 6.78. The number of rotatable bonds is 4. The average Bonchev–Trinajstić information content (AvgIpc) is 2.15. The Morgan fingerprint density at radius 1 is 1.50 bits per heavy atom. The number of carbonyl (C=O) groups is 1. The Morgan fingerprint density at radius 3 is 2.64 bits per heavy atom. The van der Waals surface area contributed by atoms with Gasteiger partial charge in [-0.25, -0.2) is 18.7 Å². The van der Waals surface area contributed by atoms with Crippen LogP contribution in [0.1, 0.15) is 10.5 Å². The first kappa shape index (κ1) is 10.8. The number of nitrogens with zero attached hydrogens (tertiary/aromatic N) is 2. The molecule has 0 radical (unpaired) electrons. The minimum atomic E-state index is -2.58. The predicted molar refractivity (Wildman–Crippen MR) is 43.7 cm³/mol. The van der Waals surface area contributed by atoms with E-state index in [9.17, 15) is 13.6 Å². The summed E-state index contributed by atoms with van der Waals surface area (Å²) in [5.74, 6) is -0.0769. The second kappa shape index (κ2) is 4.80. The minimum Gasteiger partial charge on any atom is -0.470 e. The maximum Gasteiger partial charge on any atom is 0.272 e. The van der Waals surface area contributed by atoms with Gasteiger partial charge in [0.15, 0.2) is 6.61 Å². The van der Waals surface area contributed by atoms with Crippen molar-refractivity contribution in [2.75, 3.05) is 6.61 Å². The van der Waals surface area contributed by atoms with E-state index in [0.717, 1.165) is 12.4 Å². The van der Waals surface area contributed by atoms with Gasteiger partial charge in [0, 0.05) is 0 Å². The molecule has 0 amide bonds. The van der Waals surface area contributed by atoms with Gasteiger partial charge in [0.25, 0.3) is 11.7 Å². The van der Waals surface area contributed by atoms with E-state index < -0.39 is 18.3 Å². The Morgan fingerprint density at radius 2 is 2.21 bits per heavy atom. The molecule has 1 aromatic rings. The first-order valence-corrected chi connectivity index (χ1v) is 3.90. The lowest BCUT2D eigenvalue weighted by molar-refractivity contribution is 0.0793. The molecule has 0 unspecified atom stereocenters. The number of aromatic nitrogens is 2. The van der Waals surface area contributed by atoms with Crippen molar-refractivity contribution in [1.82, 2.24) is 9.97 Å². The molecule has 7 heteroatoms. The van der Waals surface area contributed by atoms with Crippen molar-refractivity contribution in [3.63, 3.8) is 0 Å². The van der Waals surface area contributed by atoms with Crippen molar-refractivity contribution in [3.05, 3.63) is 18.1 Å². The molecule has 0 aliphatic rings. The second-order valence-electron chi connectivity index (χ2n) is 2.22. The average molecular weight is 223 g/mol. The van der Waals surface area contributed by atoms with E-state index >= 15 is 0 Å². The molecule has 0 N–H and O–H groups in total. The monoisotopic (exact) mass is 222 g/mol. The molecule has 76 valence electrons. The Kier molecular flexibility index (Phi) is 3.70. The van der Waals surface area contributed by atoms with E-state index in [1.165, 1.54) is 0 Å². The highest BCUT2D eigenvalue weighted by atomic mass is 35.5. The smallest absolute Gasteiger partial charge is 0.272 e. The molecule has 0 atom stereocenters. The standard InChI is InChI=1S/C7H5ClF2N2O2/c8-7(13)4-1-12-6(2-11-4)14-3-5(9)10/h1-2,5H,3H2. The molecule has 0 aromatic carbocycles. The van der Waals surface area contributed by atoms with Gasteiger partial charge in [-0.15, -0.1) is 0 Å². The number of ether oxygens (including phenoxy) is 1. The molecule has 4 nitrogen and oxygen atoms in total. The lowest BCUT2D eigenvalue weighted by Gasteiger charge is -2.02. The fraction of sp³-hybridized carbons (Fsp3) is 0.286. The van der Waals surface area contributed by atoms with Crippen molar-refractivity contribution >= 4 is 16.8 Å². The Hall–Kier alpha value is -1.30. The van der Waals surface area contributed by atoms with Gasteiger partial charge in [0.1, 0.15) is 5.69 Å². The summed E-state index contributed by atoms with van der Waals surface area (Å²) >= 11 is 5.08. The van der Waals surface area contributed by atoms with E-state index in [1.54, 1.807) is 0 Å². The van der Waals surface area contributed by atoms with Gasteiger partial charge in [-0.05, 0) is 11.6 Å². The normalized spacial score (nSPS) is 10.3. The SMILES string of the molecule is O=C(Cl)c1cnc(OCC(F)F)cn1. The molecule has 0 bridgehead atoms. The molecular formula is C7H5ClF2N2O2. The molecule has 14 heavy (non-hydrogen) atoms. The third-order valence-corrected chi connectivity index (χ3v) is 1.38. The zero-order chi connectivity index (χ0) is 10.6. The lowest BCUT2D eigenvalue weighted by atomic mass is 10.5. The summed E-state index contributed by atoms with van der Waals surface area (Å²) in [6.07, 6.45) is -0.472. The van der Waals surface area contributed by atoms with E-state index in [0.29, 0.717) is 0 Å². The van der Waals surface area contributed by atoms with E-state index in [4.69, 9.17) is 11.6 Å². The summed E-state index contributed by atoms with van der Waals surface area (Å²) in [6.45, 7) is -0.761. The summed E-state index contributed by atoms with van der Waals surface area (Å²) in [6, 6.07) is 0. The molecule has 0 aliphatic heterocycles. The lowest BCUT2D eigenvalue weighted by Crippen LogP contribution is -2.08. The van der Waals surface area contributed by atoms with Gasteiger partial charge in [-0.2, -0.15) is 0 Å². The van der Waals surface area contributed by atoms with Crippen molar-refractivity contribution in [3.8, 4) is 5.88 Å². The predicted octanol–water partition coefficient (Wildman–Crippen LogP) is 1.50. The summed E-state index contributed by atoms with van der Waals surface area (Å²) in [7, 11) is 0. The summed E-state index contributed by atoms with van der Waals surface area (Å²) in [5.41, 5.74) is -0.0592. The van der Waals surface area contributed by atoms with Gasteiger partial charge in [0.05, 0.1) is 12.4 Å². The van der Waals surface area contributed by atoms with Crippen LogP contribution >= 0.6 is 11.6 Å². The molecule has 0 aliphatic carbocycles. The maximum absolute atomic E-state index is 11.7. The second-order valence-corrected chi connectivity index (χ2v) is 2.56. The highest BCUT2D eigenvalue weighted by Gasteiger charge is 2.07. The summed E-state index contributed by atoms with van der Waals surface area (Å²) in [5, 5.41) is -0.766. The third-order valence-electron chi connectivity index (χ3n) is 1.19. The van der Waals surface area contributed by atoms with Crippen LogP contribution in [0.15, 0.2) is 12.4 Å². The van der Waals surface area contributed by atoms with Crippen LogP contribution in [-0.4, -0.2) is 28.2 Å². The zero-order valence-corrected chi connectivity index (χ0v) is 7.54. The number of hydrogen-bond donors (Lipinski definition) is 0. The summed E-state index contributed by atoms with van der Waals surface area (Å²) in [4.78, 5) is 17.6. The number of hydrogen-bond acceptors (Lipinski definition) is 4. The van der Waals surface area contributed by atoms with E-state index in [-0.39, 0.29) is 11.6 Å². The Labute approximate surface area is 82.9 Å². The van der Waals surface area contributed by atoms with Crippen LogP contribution in [0.4, 0.5) is 8.78 Å². The van der Waals surface area contributed by atoms with Crippen LogP contribution < -0.4 is 4.74 Å². The highest BCUT2D eigenvalue weighted by molar-refractivity contribution is 6.67. The largest absolute Gasteiger partial charge is 0.470 e. The Balaban J connectivity index is 2.60. The van der Waals surface area contributed by atoms with Gasteiger partial charge in [0.2, 0.25) is 5.88 Å².